The molecule has 0 atom stereocenters. The maximum Gasteiger partial charge on any atom is 3.00 e. The third kappa shape index (κ3) is 16.8. The van der Waals surface area contributed by atoms with Gasteiger partial charge >= 0.3 is 25.8 Å². The van der Waals surface area contributed by atoms with Gasteiger partial charge in [-0.05, 0) is 0 Å². The average molecular weight is 102 g/mol. The fourth-order valence-corrected chi connectivity index (χ4v) is 0. The van der Waals surface area contributed by atoms with Crippen molar-refractivity contribution in [3.05, 3.63) is 0 Å². The van der Waals surface area contributed by atoms with Crippen molar-refractivity contribution in [2.24, 2.45) is 0 Å². The molecular formula is F3Sc. The van der Waals surface area contributed by atoms with Gasteiger partial charge in [-0.3, -0.25) is 0 Å². The molecule has 0 aromatic carbocycles. The third-order valence-corrected chi connectivity index (χ3v) is 0. The zero-order valence-electron chi connectivity index (χ0n) is 1.71. The van der Waals surface area contributed by atoms with Crippen LogP contribution < -0.4 is 14.1 Å². The van der Waals surface area contributed by atoms with Gasteiger partial charge in [0.25, 0.3) is 0 Å². The van der Waals surface area contributed by atoms with E-state index in [2.05, 4.69) is 0 Å². The van der Waals surface area contributed by atoms with Gasteiger partial charge in [-0.15, -0.1) is 0 Å². The molecule has 4 heavy (non-hydrogen) atoms. The SMILES string of the molecule is [F-].[F-].[F-].[Sc+3]. The van der Waals surface area contributed by atoms with Gasteiger partial charge in [0, 0.05) is 0 Å². The van der Waals surface area contributed by atoms with Crippen LogP contribution in [0, 0.1) is 0 Å². The molecule has 0 aliphatic rings. The van der Waals surface area contributed by atoms with E-state index in [1.54, 1.807) is 0 Å². The normalized spacial score (nSPS) is 0. The van der Waals surface area contributed by atoms with Gasteiger partial charge in [-0.25, -0.2) is 0 Å². The summed E-state index contributed by atoms with van der Waals surface area (Å²) >= 11 is 0. The zero-order valence-corrected chi connectivity index (χ0v) is 3.51. The average Bonchev–Trinajstić information content (AvgIpc) is 0. The molecule has 0 aliphatic carbocycles. The molecule has 24 valence electrons. The van der Waals surface area contributed by atoms with Crippen molar-refractivity contribution in [3.8, 4) is 0 Å². The molecule has 0 radical (unpaired) electrons. The van der Waals surface area contributed by atoms with Crippen LogP contribution in [0.25, 0.3) is 0 Å². The molecule has 0 aromatic heterocycles. The van der Waals surface area contributed by atoms with Crippen LogP contribution in [0.4, 0.5) is 0 Å². The fourth-order valence-electron chi connectivity index (χ4n) is 0. The number of hydrogen-bond donors (Lipinski definition) is 0. The summed E-state index contributed by atoms with van der Waals surface area (Å²) in [6.07, 6.45) is 0. The number of halogens is 3. The Morgan fingerprint density at radius 3 is 0.500 bits per heavy atom. The second-order valence-electron chi connectivity index (χ2n) is 0. The standard InChI is InChI=1S/3FH.Sc/h3*1H;/q;;;+3/p-3. The maximum absolute atomic E-state index is 0. The molecule has 4 heteroatoms. The molecule has 0 unspecified atom stereocenters. The third-order valence-electron chi connectivity index (χ3n) is 0. The maximum atomic E-state index is 0. The van der Waals surface area contributed by atoms with E-state index >= 15 is 0 Å². The quantitative estimate of drug-likeness (QED) is 0.285. The van der Waals surface area contributed by atoms with Crippen molar-refractivity contribution < 1.29 is 40.0 Å². The minimum absolute atomic E-state index is 0. The monoisotopic (exact) mass is 102 g/mol. The van der Waals surface area contributed by atoms with E-state index in [4.69, 9.17) is 0 Å². The molecule has 0 rings (SSSR count). The summed E-state index contributed by atoms with van der Waals surface area (Å²) in [4.78, 5) is 0. The summed E-state index contributed by atoms with van der Waals surface area (Å²) in [6.45, 7) is 0. The second-order valence-corrected chi connectivity index (χ2v) is 0. The van der Waals surface area contributed by atoms with E-state index < -0.39 is 0 Å². The Hall–Kier alpha value is 0.660. The molecule has 0 nitrogen and oxygen atoms in total. The Morgan fingerprint density at radius 2 is 0.500 bits per heavy atom. The van der Waals surface area contributed by atoms with Crippen molar-refractivity contribution in [2.75, 3.05) is 0 Å². The minimum Gasteiger partial charge on any atom is -1.00 e. The van der Waals surface area contributed by atoms with Gasteiger partial charge in [0.05, 0.1) is 0 Å². The predicted molar refractivity (Wildman–Crippen MR) is 0 cm³/mol. The van der Waals surface area contributed by atoms with E-state index in [1.165, 1.54) is 0 Å². The smallest absolute Gasteiger partial charge is 1.00 e. The molecule has 0 saturated carbocycles. The van der Waals surface area contributed by atoms with Crippen LogP contribution in [0.1, 0.15) is 0 Å². The van der Waals surface area contributed by atoms with E-state index in [9.17, 15) is 0 Å². The molecule has 0 bridgehead atoms. The number of hydrogen-bond acceptors (Lipinski definition) is 0. The van der Waals surface area contributed by atoms with Gasteiger partial charge < -0.3 is 14.1 Å². The Bertz CT molecular complexity index is 3.25. The first-order valence-corrected chi connectivity index (χ1v) is 0. The molecule has 0 saturated heterocycles. The van der Waals surface area contributed by atoms with Gasteiger partial charge in [0.15, 0.2) is 0 Å². The summed E-state index contributed by atoms with van der Waals surface area (Å²) in [5.74, 6) is 0. The largest absolute Gasteiger partial charge is 3.00 e. The first kappa shape index (κ1) is 143. The Morgan fingerprint density at radius 1 is 0.500 bits per heavy atom. The molecule has 0 aliphatic heterocycles. The van der Waals surface area contributed by atoms with Crippen LogP contribution in [0.15, 0.2) is 0 Å². The zero-order chi connectivity index (χ0) is 0. The second kappa shape index (κ2) is 59.4. The van der Waals surface area contributed by atoms with E-state index in [0.717, 1.165) is 0 Å². The summed E-state index contributed by atoms with van der Waals surface area (Å²) in [5.41, 5.74) is 0. The van der Waals surface area contributed by atoms with Crippen molar-refractivity contribution >= 4 is 0 Å². The summed E-state index contributed by atoms with van der Waals surface area (Å²) in [6, 6.07) is 0. The summed E-state index contributed by atoms with van der Waals surface area (Å²) in [7, 11) is 0. The van der Waals surface area contributed by atoms with E-state index in [-0.39, 0.29) is 40.0 Å². The first-order chi connectivity index (χ1) is 0. The topological polar surface area (TPSA) is 0 Å². The van der Waals surface area contributed by atoms with Gasteiger partial charge in [-0.2, -0.15) is 0 Å². The molecule has 0 N–H and O–H groups in total. The Labute approximate surface area is 40.5 Å². The van der Waals surface area contributed by atoms with E-state index in [1.807, 2.05) is 0 Å². The minimum atomic E-state index is 0. The Kier molecular flexibility index (Phi) is 2130. The summed E-state index contributed by atoms with van der Waals surface area (Å²) < 4.78 is 0. The van der Waals surface area contributed by atoms with Crippen LogP contribution in [-0.4, -0.2) is 0 Å². The molecule has 0 heterocycles. The van der Waals surface area contributed by atoms with Gasteiger partial charge in [0.2, 0.25) is 0 Å². The van der Waals surface area contributed by atoms with Crippen molar-refractivity contribution in [1.82, 2.24) is 0 Å². The summed E-state index contributed by atoms with van der Waals surface area (Å²) in [5, 5.41) is 0. The molecular weight excluding hydrogens is 102 g/mol. The molecule has 0 aromatic rings. The van der Waals surface area contributed by atoms with Crippen molar-refractivity contribution in [2.45, 2.75) is 0 Å². The van der Waals surface area contributed by atoms with Crippen LogP contribution in [0.5, 0.6) is 0 Å². The van der Waals surface area contributed by atoms with Crippen molar-refractivity contribution in [3.63, 3.8) is 0 Å². The first-order valence-electron chi connectivity index (χ1n) is 0. The number of rotatable bonds is 0. The fraction of sp³-hybridized carbons (Fsp3) is 0. The van der Waals surface area contributed by atoms with Crippen molar-refractivity contribution in [1.29, 1.82) is 0 Å². The van der Waals surface area contributed by atoms with Crippen LogP contribution >= 0.6 is 0 Å². The van der Waals surface area contributed by atoms with Crippen LogP contribution in [0.3, 0.4) is 0 Å². The van der Waals surface area contributed by atoms with Crippen LogP contribution in [-0.2, 0) is 25.8 Å². The van der Waals surface area contributed by atoms with E-state index in [0.29, 0.717) is 0 Å². The van der Waals surface area contributed by atoms with Crippen LogP contribution in [0.2, 0.25) is 0 Å². The predicted octanol–water partition coefficient (Wildman–Crippen LogP) is -8.99. The molecule has 0 fully saturated rings. The molecule has 0 amide bonds. The Balaban J connectivity index is 0. The van der Waals surface area contributed by atoms with Gasteiger partial charge in [0.1, 0.15) is 0 Å². The van der Waals surface area contributed by atoms with Gasteiger partial charge in [-0.1, -0.05) is 0 Å². The molecule has 0 spiro atoms.